The Hall–Kier alpha value is -2.52. The topological polar surface area (TPSA) is 86.7 Å². The molecule has 0 aliphatic carbocycles. The van der Waals surface area contributed by atoms with Crippen molar-refractivity contribution in [2.45, 2.75) is 13.5 Å². The Morgan fingerprint density at radius 2 is 2.25 bits per heavy atom. The summed E-state index contributed by atoms with van der Waals surface area (Å²) in [6.45, 7) is 2.48. The second kappa shape index (κ2) is 6.54. The summed E-state index contributed by atoms with van der Waals surface area (Å²) >= 11 is 2.55. The number of amides is 1. The van der Waals surface area contributed by atoms with Crippen LogP contribution in [0.15, 0.2) is 34.6 Å². The molecule has 9 heteroatoms. The maximum atomic E-state index is 12.2. The van der Waals surface area contributed by atoms with Crippen LogP contribution in [0.5, 0.6) is 5.75 Å². The van der Waals surface area contributed by atoms with Gasteiger partial charge in [-0.1, -0.05) is 17.4 Å². The van der Waals surface area contributed by atoms with Crippen molar-refractivity contribution >= 4 is 44.5 Å². The fraction of sp³-hybridized carbons (Fsp3) is 0.200. The fourth-order valence-corrected chi connectivity index (χ4v) is 4.09. The molecular weight excluding hydrogens is 350 g/mol. The van der Waals surface area contributed by atoms with E-state index in [0.717, 1.165) is 0 Å². The van der Waals surface area contributed by atoms with Gasteiger partial charge >= 0.3 is 0 Å². The minimum atomic E-state index is -0.467. The zero-order valence-corrected chi connectivity index (χ0v) is 14.5. The van der Waals surface area contributed by atoms with Crippen molar-refractivity contribution in [3.8, 4) is 5.75 Å². The van der Waals surface area contributed by atoms with Gasteiger partial charge in [-0.05, 0) is 18.4 Å². The Morgan fingerprint density at radius 3 is 2.83 bits per heavy atom. The molecule has 3 rings (SSSR count). The molecule has 1 aromatic carbocycles. The summed E-state index contributed by atoms with van der Waals surface area (Å²) in [5.74, 6) is 0.0644. The highest BCUT2D eigenvalue weighted by Crippen LogP contribution is 2.32. The van der Waals surface area contributed by atoms with Gasteiger partial charge in [0.2, 0.25) is 0 Å². The van der Waals surface area contributed by atoms with Crippen molar-refractivity contribution < 1.29 is 14.5 Å². The van der Waals surface area contributed by atoms with Crippen LogP contribution in [0.2, 0.25) is 0 Å². The third kappa shape index (κ3) is 2.83. The molecule has 0 radical (unpaired) electrons. The van der Waals surface area contributed by atoms with Gasteiger partial charge in [-0.15, -0.1) is 11.3 Å². The monoisotopic (exact) mass is 363 g/mol. The first-order valence-corrected chi connectivity index (χ1v) is 8.73. The Morgan fingerprint density at radius 1 is 1.46 bits per heavy atom. The lowest BCUT2D eigenvalue weighted by Crippen LogP contribution is -2.15. The van der Waals surface area contributed by atoms with E-state index in [0.29, 0.717) is 32.2 Å². The van der Waals surface area contributed by atoms with E-state index in [1.54, 1.807) is 12.1 Å². The van der Waals surface area contributed by atoms with Crippen molar-refractivity contribution in [3.63, 3.8) is 0 Å². The SMILES string of the molecule is CCn1c(=NC(=O)c2cccs2)sc2cc([N+](=O)[O-])cc(OC)c21. The van der Waals surface area contributed by atoms with Gasteiger partial charge in [0.25, 0.3) is 11.6 Å². The fourth-order valence-electron chi connectivity index (χ4n) is 2.34. The molecule has 7 nitrogen and oxygen atoms in total. The van der Waals surface area contributed by atoms with Gasteiger partial charge < -0.3 is 9.30 Å². The molecule has 0 saturated heterocycles. The number of aryl methyl sites for hydroxylation is 1. The normalized spacial score (nSPS) is 11.8. The van der Waals surface area contributed by atoms with Crippen LogP contribution >= 0.6 is 22.7 Å². The number of nitrogens with zero attached hydrogens (tertiary/aromatic N) is 3. The number of methoxy groups -OCH3 is 1. The first-order valence-electron chi connectivity index (χ1n) is 7.03. The number of hydrogen-bond acceptors (Lipinski definition) is 6. The molecule has 24 heavy (non-hydrogen) atoms. The van der Waals surface area contributed by atoms with Crippen LogP contribution in [0, 0.1) is 10.1 Å². The average molecular weight is 363 g/mol. The van der Waals surface area contributed by atoms with Crippen molar-refractivity contribution in [1.82, 2.24) is 4.57 Å². The summed E-state index contributed by atoms with van der Waals surface area (Å²) in [4.78, 5) is 28.1. The molecule has 0 atom stereocenters. The number of thiophene rings is 1. The van der Waals surface area contributed by atoms with Crippen molar-refractivity contribution in [1.29, 1.82) is 0 Å². The van der Waals surface area contributed by atoms with E-state index in [-0.39, 0.29) is 11.6 Å². The van der Waals surface area contributed by atoms with Gasteiger partial charge in [0.1, 0.15) is 5.52 Å². The molecule has 0 saturated carbocycles. The molecule has 124 valence electrons. The second-order valence-corrected chi connectivity index (χ2v) is 6.73. The lowest BCUT2D eigenvalue weighted by atomic mass is 10.2. The number of benzene rings is 1. The van der Waals surface area contributed by atoms with E-state index in [4.69, 9.17) is 4.74 Å². The first kappa shape index (κ1) is 16.3. The zero-order chi connectivity index (χ0) is 17.3. The maximum Gasteiger partial charge on any atom is 0.289 e. The highest BCUT2D eigenvalue weighted by molar-refractivity contribution is 7.16. The van der Waals surface area contributed by atoms with E-state index in [1.807, 2.05) is 16.9 Å². The number of nitro benzene ring substituents is 1. The van der Waals surface area contributed by atoms with E-state index in [2.05, 4.69) is 4.99 Å². The van der Waals surface area contributed by atoms with Crippen LogP contribution in [-0.4, -0.2) is 22.5 Å². The smallest absolute Gasteiger partial charge is 0.289 e. The Balaban J connectivity index is 2.26. The third-order valence-corrected chi connectivity index (χ3v) is 5.29. The number of aromatic nitrogens is 1. The van der Waals surface area contributed by atoms with Crippen LogP contribution < -0.4 is 9.54 Å². The summed E-state index contributed by atoms with van der Waals surface area (Å²) < 4.78 is 7.79. The van der Waals surface area contributed by atoms with Crippen LogP contribution in [-0.2, 0) is 6.54 Å². The largest absolute Gasteiger partial charge is 0.494 e. The molecule has 0 aliphatic rings. The van der Waals surface area contributed by atoms with Gasteiger partial charge in [-0.3, -0.25) is 14.9 Å². The van der Waals surface area contributed by atoms with Gasteiger partial charge in [0, 0.05) is 12.6 Å². The molecule has 2 heterocycles. The number of thiazole rings is 1. The molecule has 0 unspecified atom stereocenters. The van der Waals surface area contributed by atoms with Crippen LogP contribution in [0.25, 0.3) is 10.2 Å². The first-order chi connectivity index (χ1) is 11.5. The Bertz CT molecular complexity index is 986. The Labute approximate surface area is 144 Å². The maximum absolute atomic E-state index is 12.2. The number of carbonyl (C=O) groups excluding carboxylic acids is 1. The molecule has 0 bridgehead atoms. The molecule has 0 spiro atoms. The summed E-state index contributed by atoms with van der Waals surface area (Å²) in [6, 6.07) is 6.36. The minimum absolute atomic E-state index is 0.0556. The lowest BCUT2D eigenvalue weighted by Gasteiger charge is -2.06. The number of ether oxygens (including phenoxy) is 1. The highest BCUT2D eigenvalue weighted by atomic mass is 32.1. The number of rotatable bonds is 4. The molecular formula is C15H13N3O4S2. The number of nitro groups is 1. The van der Waals surface area contributed by atoms with Gasteiger partial charge in [0.05, 0.1) is 27.7 Å². The number of fused-ring (bicyclic) bond motifs is 1. The molecule has 0 aliphatic heterocycles. The van der Waals surface area contributed by atoms with E-state index in [9.17, 15) is 14.9 Å². The molecule has 1 amide bonds. The predicted molar refractivity (Wildman–Crippen MR) is 92.9 cm³/mol. The van der Waals surface area contributed by atoms with Crippen LogP contribution in [0.3, 0.4) is 0 Å². The predicted octanol–water partition coefficient (Wildman–Crippen LogP) is 3.44. The molecule has 0 N–H and O–H groups in total. The van der Waals surface area contributed by atoms with Crippen molar-refractivity contribution in [2.75, 3.05) is 7.11 Å². The number of carbonyl (C=O) groups is 1. The average Bonchev–Trinajstić information content (AvgIpc) is 3.20. The zero-order valence-electron chi connectivity index (χ0n) is 12.9. The standard InChI is InChI=1S/C15H13N3O4S2/c1-3-17-13-10(22-2)7-9(18(20)21)8-12(13)24-15(17)16-14(19)11-5-4-6-23-11/h4-8H,3H2,1-2H3. The highest BCUT2D eigenvalue weighted by Gasteiger charge is 2.18. The molecule has 2 aromatic heterocycles. The van der Waals surface area contributed by atoms with Crippen LogP contribution in [0.4, 0.5) is 5.69 Å². The quantitative estimate of drug-likeness (QED) is 0.525. The summed E-state index contributed by atoms with van der Waals surface area (Å²) in [5, 5.41) is 12.9. The van der Waals surface area contributed by atoms with Gasteiger partial charge in [0.15, 0.2) is 10.6 Å². The minimum Gasteiger partial charge on any atom is -0.494 e. The van der Waals surface area contributed by atoms with Crippen molar-refractivity contribution in [2.24, 2.45) is 4.99 Å². The van der Waals surface area contributed by atoms with E-state index in [1.165, 1.54) is 41.9 Å². The van der Waals surface area contributed by atoms with E-state index < -0.39 is 4.92 Å². The summed E-state index contributed by atoms with van der Waals surface area (Å²) in [7, 11) is 1.46. The second-order valence-electron chi connectivity index (χ2n) is 4.78. The van der Waals surface area contributed by atoms with Gasteiger partial charge in [-0.25, -0.2) is 0 Å². The summed E-state index contributed by atoms with van der Waals surface area (Å²) in [5.41, 5.74) is 0.647. The van der Waals surface area contributed by atoms with Gasteiger partial charge in [-0.2, -0.15) is 4.99 Å². The van der Waals surface area contributed by atoms with Crippen molar-refractivity contribution in [3.05, 3.63) is 49.4 Å². The number of hydrogen-bond donors (Lipinski definition) is 0. The third-order valence-electron chi connectivity index (χ3n) is 3.40. The number of non-ortho nitro benzene ring substituents is 1. The van der Waals surface area contributed by atoms with Crippen LogP contribution in [0.1, 0.15) is 16.6 Å². The lowest BCUT2D eigenvalue weighted by molar-refractivity contribution is -0.384. The molecule has 3 aromatic rings. The molecule has 0 fully saturated rings. The Kier molecular flexibility index (Phi) is 4.45. The summed E-state index contributed by atoms with van der Waals surface area (Å²) in [6.07, 6.45) is 0. The van der Waals surface area contributed by atoms with E-state index >= 15 is 0 Å².